The standard InChI is InChI=1S/C26H39N3O4S/c1-26(2)16-21-17-28(25(30)15-20-7-11-33-12-8-20)19-24(26)29(18-21)23-5-3-22(4-6-23)27-9-13-34(31,32)14-10-27/h3-6,20-21,24H,7-19H2,1-2H3/t21-,24-/m1/s1. The SMILES string of the molecule is CC1(C)C[C@@H]2CN(C(=O)CC3CCOCC3)C[C@H]1N(c1ccc(N3CCS(=O)(=O)CC3)cc1)C2. The normalized spacial score (nSPS) is 29.2. The number of amides is 1. The van der Waals surface area contributed by atoms with Crippen molar-refractivity contribution in [1.29, 1.82) is 0 Å². The van der Waals surface area contributed by atoms with E-state index in [1.807, 2.05) is 0 Å². The molecule has 2 atom stereocenters. The van der Waals surface area contributed by atoms with E-state index >= 15 is 0 Å². The monoisotopic (exact) mass is 489 g/mol. The molecule has 1 amide bonds. The van der Waals surface area contributed by atoms with Gasteiger partial charge in [0, 0.05) is 63.7 Å². The van der Waals surface area contributed by atoms with Gasteiger partial charge < -0.3 is 19.4 Å². The third-order valence-electron chi connectivity index (χ3n) is 8.47. The van der Waals surface area contributed by atoms with Crippen molar-refractivity contribution >= 4 is 27.1 Å². The molecule has 6 rings (SSSR count). The van der Waals surface area contributed by atoms with Crippen LogP contribution in [0, 0.1) is 17.3 Å². The number of carbonyl (C=O) groups is 1. The van der Waals surface area contributed by atoms with E-state index in [4.69, 9.17) is 4.74 Å². The molecule has 34 heavy (non-hydrogen) atoms. The number of benzene rings is 1. The van der Waals surface area contributed by atoms with E-state index in [0.717, 1.165) is 57.8 Å². The zero-order valence-corrected chi connectivity index (χ0v) is 21.4. The van der Waals surface area contributed by atoms with Crippen LogP contribution in [0.2, 0.25) is 0 Å². The average Bonchev–Trinajstić information content (AvgIpc) is 3.07. The summed E-state index contributed by atoms with van der Waals surface area (Å²) in [6.07, 6.45) is 3.80. The molecule has 7 nitrogen and oxygen atoms in total. The molecule has 0 N–H and O–H groups in total. The Bertz CT molecular complexity index is 974. The van der Waals surface area contributed by atoms with Gasteiger partial charge >= 0.3 is 0 Å². The van der Waals surface area contributed by atoms with Gasteiger partial charge in [-0.3, -0.25) is 4.79 Å². The highest BCUT2D eigenvalue weighted by Crippen LogP contribution is 2.43. The number of hydrogen-bond acceptors (Lipinski definition) is 6. The molecule has 0 saturated carbocycles. The molecule has 5 fully saturated rings. The first-order chi connectivity index (χ1) is 16.2. The fourth-order valence-corrected chi connectivity index (χ4v) is 7.68. The maximum absolute atomic E-state index is 13.3. The molecule has 0 unspecified atom stereocenters. The summed E-state index contributed by atoms with van der Waals surface area (Å²) in [5, 5.41) is 0. The first kappa shape index (κ1) is 23.9. The smallest absolute Gasteiger partial charge is 0.222 e. The van der Waals surface area contributed by atoms with Crippen LogP contribution in [0.3, 0.4) is 0 Å². The number of nitrogens with zero attached hydrogens (tertiary/aromatic N) is 3. The number of carbonyl (C=O) groups excluding carboxylic acids is 1. The second-order valence-electron chi connectivity index (χ2n) is 11.4. The first-order valence-electron chi connectivity index (χ1n) is 12.9. The van der Waals surface area contributed by atoms with Gasteiger partial charge in [-0.1, -0.05) is 13.8 Å². The Morgan fingerprint density at radius 3 is 2.32 bits per heavy atom. The molecule has 0 radical (unpaired) electrons. The summed E-state index contributed by atoms with van der Waals surface area (Å²) in [5.41, 5.74) is 2.43. The number of rotatable bonds is 4. The van der Waals surface area contributed by atoms with Crippen LogP contribution >= 0.6 is 0 Å². The lowest BCUT2D eigenvalue weighted by atomic mass is 9.73. The second-order valence-corrected chi connectivity index (χ2v) is 13.7. The van der Waals surface area contributed by atoms with E-state index in [-0.39, 0.29) is 23.0 Å². The summed E-state index contributed by atoms with van der Waals surface area (Å²) >= 11 is 0. The lowest BCUT2D eigenvalue weighted by molar-refractivity contribution is -0.133. The zero-order valence-electron chi connectivity index (χ0n) is 20.6. The molecule has 1 aromatic rings. The van der Waals surface area contributed by atoms with Crippen LogP contribution in [0.5, 0.6) is 0 Å². The molecule has 5 saturated heterocycles. The fraction of sp³-hybridized carbons (Fsp3) is 0.731. The van der Waals surface area contributed by atoms with Crippen molar-refractivity contribution in [2.75, 3.05) is 67.2 Å². The third-order valence-corrected chi connectivity index (χ3v) is 10.1. The Labute approximate surface area is 204 Å². The Kier molecular flexibility index (Phi) is 6.57. The molecule has 0 aromatic heterocycles. The topological polar surface area (TPSA) is 70.2 Å². The van der Waals surface area contributed by atoms with E-state index in [1.165, 1.54) is 5.69 Å². The van der Waals surface area contributed by atoms with Gasteiger partial charge in [0.15, 0.2) is 9.84 Å². The van der Waals surface area contributed by atoms with E-state index in [1.54, 1.807) is 0 Å². The van der Waals surface area contributed by atoms with Crippen molar-refractivity contribution in [3.05, 3.63) is 24.3 Å². The van der Waals surface area contributed by atoms with Gasteiger partial charge in [0.25, 0.3) is 0 Å². The van der Waals surface area contributed by atoms with Gasteiger partial charge in [0.1, 0.15) is 0 Å². The molecule has 5 aliphatic rings. The number of sulfone groups is 1. The summed E-state index contributed by atoms with van der Waals surface area (Å²) in [6, 6.07) is 8.92. The van der Waals surface area contributed by atoms with Crippen LogP contribution in [0.25, 0.3) is 0 Å². The lowest BCUT2D eigenvalue weighted by Crippen LogP contribution is -2.54. The number of piperidine rings is 1. The lowest BCUT2D eigenvalue weighted by Gasteiger charge is -2.48. The summed E-state index contributed by atoms with van der Waals surface area (Å²) < 4.78 is 29.0. The molecule has 0 spiro atoms. The van der Waals surface area contributed by atoms with Gasteiger partial charge in [-0.05, 0) is 60.8 Å². The maximum Gasteiger partial charge on any atom is 0.222 e. The van der Waals surface area contributed by atoms with E-state index in [0.29, 0.717) is 37.3 Å². The van der Waals surface area contributed by atoms with Gasteiger partial charge in [0.2, 0.25) is 5.91 Å². The molecule has 5 aliphatic heterocycles. The van der Waals surface area contributed by atoms with Crippen LogP contribution in [-0.4, -0.2) is 82.7 Å². The van der Waals surface area contributed by atoms with Crippen molar-refractivity contribution in [1.82, 2.24) is 4.90 Å². The van der Waals surface area contributed by atoms with E-state index in [2.05, 4.69) is 52.8 Å². The highest BCUT2D eigenvalue weighted by molar-refractivity contribution is 7.91. The Hall–Kier alpha value is -1.80. The predicted octanol–water partition coefficient (Wildman–Crippen LogP) is 2.80. The minimum Gasteiger partial charge on any atom is -0.381 e. The molecule has 8 heteroatoms. The Balaban J connectivity index is 1.29. The van der Waals surface area contributed by atoms with E-state index < -0.39 is 9.84 Å². The van der Waals surface area contributed by atoms with Crippen molar-refractivity contribution in [3.8, 4) is 0 Å². The number of fused-ring (bicyclic) bond motifs is 4. The summed E-state index contributed by atoms with van der Waals surface area (Å²) in [5.74, 6) is 1.72. The van der Waals surface area contributed by atoms with Gasteiger partial charge in [-0.2, -0.15) is 0 Å². The van der Waals surface area contributed by atoms with Crippen LogP contribution in [0.4, 0.5) is 11.4 Å². The van der Waals surface area contributed by atoms with Gasteiger partial charge in [-0.15, -0.1) is 0 Å². The van der Waals surface area contributed by atoms with Crippen molar-refractivity contribution in [2.45, 2.75) is 45.6 Å². The van der Waals surface area contributed by atoms with Crippen molar-refractivity contribution in [2.24, 2.45) is 17.3 Å². The molecular weight excluding hydrogens is 450 g/mol. The third kappa shape index (κ3) is 5.08. The number of ether oxygens (including phenoxy) is 1. The number of hydrogen-bond donors (Lipinski definition) is 0. The maximum atomic E-state index is 13.3. The molecule has 2 bridgehead atoms. The molecular formula is C26H39N3O4S. The highest BCUT2D eigenvalue weighted by Gasteiger charge is 2.46. The Morgan fingerprint density at radius 2 is 1.65 bits per heavy atom. The first-order valence-corrected chi connectivity index (χ1v) is 14.7. The predicted molar refractivity (Wildman–Crippen MR) is 135 cm³/mol. The van der Waals surface area contributed by atoms with Crippen LogP contribution < -0.4 is 9.80 Å². The zero-order chi connectivity index (χ0) is 23.9. The van der Waals surface area contributed by atoms with Crippen molar-refractivity contribution in [3.63, 3.8) is 0 Å². The fourth-order valence-electron chi connectivity index (χ4n) is 6.48. The average molecular weight is 490 g/mol. The van der Waals surface area contributed by atoms with Gasteiger partial charge in [-0.25, -0.2) is 8.42 Å². The van der Waals surface area contributed by atoms with E-state index in [9.17, 15) is 13.2 Å². The van der Waals surface area contributed by atoms with Crippen LogP contribution in [0.1, 0.15) is 39.5 Å². The molecule has 0 aliphatic carbocycles. The molecule has 5 heterocycles. The quantitative estimate of drug-likeness (QED) is 0.648. The minimum atomic E-state index is -2.88. The number of anilines is 2. The summed E-state index contributed by atoms with van der Waals surface area (Å²) in [4.78, 5) is 20.1. The van der Waals surface area contributed by atoms with Crippen LogP contribution in [-0.2, 0) is 19.4 Å². The molecule has 188 valence electrons. The Morgan fingerprint density at radius 1 is 1.00 bits per heavy atom. The summed E-state index contributed by atoms with van der Waals surface area (Å²) in [7, 11) is -2.88. The van der Waals surface area contributed by atoms with Crippen molar-refractivity contribution < 1.29 is 17.9 Å². The van der Waals surface area contributed by atoms with Crippen LogP contribution in [0.15, 0.2) is 24.3 Å². The second kappa shape index (κ2) is 9.34. The van der Waals surface area contributed by atoms with Gasteiger partial charge in [0.05, 0.1) is 17.5 Å². The highest BCUT2D eigenvalue weighted by atomic mass is 32.2. The minimum absolute atomic E-state index is 0.135. The largest absolute Gasteiger partial charge is 0.381 e. The molecule has 1 aromatic carbocycles. The summed E-state index contributed by atoms with van der Waals surface area (Å²) in [6.45, 7) is 10.0.